The summed E-state index contributed by atoms with van der Waals surface area (Å²) >= 11 is 0. The van der Waals surface area contributed by atoms with Gasteiger partial charge in [-0.3, -0.25) is 9.69 Å². The van der Waals surface area contributed by atoms with Gasteiger partial charge in [-0.2, -0.15) is 0 Å². The van der Waals surface area contributed by atoms with Crippen molar-refractivity contribution in [1.29, 1.82) is 0 Å². The van der Waals surface area contributed by atoms with Gasteiger partial charge in [0.05, 0.1) is 18.4 Å². The molecular weight excluding hydrogens is 402 g/mol. The fourth-order valence-corrected chi connectivity index (χ4v) is 5.55. The molecule has 1 aromatic carbocycles. The Hall–Kier alpha value is -3.32. The van der Waals surface area contributed by atoms with E-state index in [2.05, 4.69) is 46.2 Å². The largest absolute Gasteiger partial charge is 0.454 e. The van der Waals surface area contributed by atoms with Crippen LogP contribution >= 0.6 is 0 Å². The van der Waals surface area contributed by atoms with Gasteiger partial charge in [0.25, 0.3) is 5.91 Å². The smallest absolute Gasteiger partial charge is 0.289 e. The monoisotopic (exact) mass is 429 g/mol. The average molecular weight is 430 g/mol. The highest BCUT2D eigenvalue weighted by Gasteiger charge is 2.45. The van der Waals surface area contributed by atoms with E-state index in [9.17, 15) is 4.79 Å². The highest BCUT2D eigenvalue weighted by atomic mass is 16.4. The van der Waals surface area contributed by atoms with Gasteiger partial charge in [0.2, 0.25) is 0 Å². The molecule has 3 aromatic heterocycles. The minimum Gasteiger partial charge on any atom is -0.454 e. The molecule has 6 rings (SSSR count). The molecular formula is C25H27N5O2. The molecule has 7 nitrogen and oxygen atoms in total. The van der Waals surface area contributed by atoms with E-state index in [-0.39, 0.29) is 11.4 Å². The summed E-state index contributed by atoms with van der Waals surface area (Å²) in [4.78, 5) is 25.4. The van der Waals surface area contributed by atoms with E-state index in [1.54, 1.807) is 18.6 Å². The number of aromatic amines is 1. The molecule has 0 bridgehead atoms. The molecule has 5 heterocycles. The van der Waals surface area contributed by atoms with Crippen LogP contribution in [0, 0.1) is 0 Å². The summed E-state index contributed by atoms with van der Waals surface area (Å²) in [6.07, 6.45) is 8.25. The number of H-pyrrole nitrogens is 1. The third-order valence-electron chi connectivity index (χ3n) is 7.35. The molecule has 0 aliphatic carbocycles. The number of rotatable bonds is 3. The van der Waals surface area contributed by atoms with Crippen LogP contribution in [0.2, 0.25) is 0 Å². The Balaban J connectivity index is 1.21. The zero-order valence-corrected chi connectivity index (χ0v) is 18.3. The number of nitrogens with zero attached hydrogens (tertiary/aromatic N) is 4. The number of carbonyl (C=O) groups is 1. The first-order chi connectivity index (χ1) is 15.6. The van der Waals surface area contributed by atoms with E-state index < -0.39 is 0 Å². The molecule has 0 radical (unpaired) electrons. The van der Waals surface area contributed by atoms with E-state index >= 15 is 0 Å². The number of benzene rings is 1. The normalized spacial score (nSPS) is 18.3. The number of aromatic nitrogens is 3. The van der Waals surface area contributed by atoms with Gasteiger partial charge in [0.1, 0.15) is 5.76 Å². The van der Waals surface area contributed by atoms with E-state index in [1.807, 2.05) is 21.7 Å². The van der Waals surface area contributed by atoms with Crippen LogP contribution in [0.25, 0.3) is 10.9 Å². The molecule has 1 spiro atoms. The summed E-state index contributed by atoms with van der Waals surface area (Å²) in [6.45, 7) is 3.05. The Morgan fingerprint density at radius 1 is 1.16 bits per heavy atom. The van der Waals surface area contributed by atoms with Crippen LogP contribution in [-0.2, 0) is 18.5 Å². The van der Waals surface area contributed by atoms with Crippen molar-refractivity contribution in [1.82, 2.24) is 24.3 Å². The van der Waals surface area contributed by atoms with Gasteiger partial charge in [-0.15, -0.1) is 0 Å². The van der Waals surface area contributed by atoms with Crippen molar-refractivity contribution in [3.05, 3.63) is 77.9 Å². The van der Waals surface area contributed by atoms with Crippen molar-refractivity contribution < 1.29 is 9.21 Å². The number of nitrogens with one attached hydrogen (secondary N) is 1. The van der Waals surface area contributed by atoms with Crippen LogP contribution in [0.15, 0.2) is 59.5 Å². The third kappa shape index (κ3) is 2.99. The minimum atomic E-state index is -0.0425. The van der Waals surface area contributed by atoms with Crippen molar-refractivity contribution in [3.63, 3.8) is 0 Å². The molecule has 0 atom stereocenters. The van der Waals surface area contributed by atoms with Gasteiger partial charge < -0.3 is 18.9 Å². The predicted octanol–water partition coefficient (Wildman–Crippen LogP) is 3.63. The number of hydrogen-bond donors (Lipinski definition) is 1. The van der Waals surface area contributed by atoms with E-state index in [1.165, 1.54) is 22.2 Å². The molecule has 0 unspecified atom stereocenters. The third-order valence-corrected chi connectivity index (χ3v) is 7.35. The van der Waals surface area contributed by atoms with Crippen molar-refractivity contribution in [3.8, 4) is 0 Å². The number of furan rings is 1. The highest BCUT2D eigenvalue weighted by molar-refractivity contribution is 5.91. The molecule has 7 heteroatoms. The van der Waals surface area contributed by atoms with E-state index in [0.717, 1.165) is 44.7 Å². The molecule has 1 amide bonds. The molecule has 4 aromatic rings. The molecule has 164 valence electrons. The van der Waals surface area contributed by atoms with Crippen LogP contribution in [0.3, 0.4) is 0 Å². The van der Waals surface area contributed by atoms with Gasteiger partial charge in [-0.25, -0.2) is 4.98 Å². The highest BCUT2D eigenvalue weighted by Crippen LogP contribution is 2.44. The zero-order chi connectivity index (χ0) is 21.7. The van der Waals surface area contributed by atoms with Crippen molar-refractivity contribution in [2.45, 2.75) is 31.3 Å². The Labute approximate surface area is 186 Å². The van der Waals surface area contributed by atoms with Crippen molar-refractivity contribution in [2.75, 3.05) is 26.7 Å². The second-order valence-electron chi connectivity index (χ2n) is 9.02. The van der Waals surface area contributed by atoms with Gasteiger partial charge in [-0.05, 0) is 50.1 Å². The summed E-state index contributed by atoms with van der Waals surface area (Å²) in [5, 5.41) is 1.34. The summed E-state index contributed by atoms with van der Waals surface area (Å²) in [6, 6.07) is 12.3. The lowest BCUT2D eigenvalue weighted by atomic mass is 9.78. The van der Waals surface area contributed by atoms with Gasteiger partial charge in [0, 0.05) is 48.6 Å². The number of hydrogen-bond acceptors (Lipinski definition) is 4. The minimum absolute atomic E-state index is 0.0212. The SMILES string of the molecule is CN1CCc2c([nH]c3ccccc23)C12CCN(C(=O)c1ccc(Cn3ccnc3)o1)CC2. The Kier molecular flexibility index (Phi) is 4.47. The number of piperidine rings is 1. The first-order valence-corrected chi connectivity index (χ1v) is 11.3. The lowest BCUT2D eigenvalue weighted by Gasteiger charge is -2.49. The van der Waals surface area contributed by atoms with Crippen LogP contribution in [0.1, 0.15) is 40.4 Å². The number of fused-ring (bicyclic) bond motifs is 4. The molecule has 2 aliphatic rings. The Morgan fingerprint density at radius 2 is 2.00 bits per heavy atom. The summed E-state index contributed by atoms with van der Waals surface area (Å²) < 4.78 is 7.79. The predicted molar refractivity (Wildman–Crippen MR) is 121 cm³/mol. The van der Waals surface area contributed by atoms with E-state index in [0.29, 0.717) is 12.3 Å². The first-order valence-electron chi connectivity index (χ1n) is 11.3. The molecule has 1 saturated heterocycles. The van der Waals surface area contributed by atoms with Crippen molar-refractivity contribution in [2.24, 2.45) is 0 Å². The maximum Gasteiger partial charge on any atom is 0.289 e. The zero-order valence-electron chi connectivity index (χ0n) is 18.3. The average Bonchev–Trinajstić information content (AvgIpc) is 3.57. The number of amides is 1. The topological polar surface area (TPSA) is 70.3 Å². The summed E-state index contributed by atoms with van der Waals surface area (Å²) in [5.41, 5.74) is 3.97. The van der Waals surface area contributed by atoms with Crippen LogP contribution < -0.4 is 0 Å². The molecule has 1 N–H and O–H groups in total. The maximum atomic E-state index is 13.1. The van der Waals surface area contributed by atoms with Gasteiger partial charge in [0.15, 0.2) is 5.76 Å². The molecule has 1 fully saturated rings. The number of imidazole rings is 1. The van der Waals surface area contributed by atoms with Crippen LogP contribution in [-0.4, -0.2) is 56.9 Å². The number of para-hydroxylation sites is 1. The fourth-order valence-electron chi connectivity index (χ4n) is 5.55. The number of carbonyl (C=O) groups excluding carboxylic acids is 1. The Bertz CT molecular complexity index is 1260. The van der Waals surface area contributed by atoms with Crippen molar-refractivity contribution >= 4 is 16.8 Å². The second-order valence-corrected chi connectivity index (χ2v) is 9.02. The van der Waals surface area contributed by atoms with Crippen LogP contribution in [0.4, 0.5) is 0 Å². The molecule has 2 aliphatic heterocycles. The maximum absolute atomic E-state index is 13.1. The standard InChI is InChI=1S/C25H27N5O2/c1-28-12-8-20-19-4-2-3-5-21(19)27-23(20)25(28)9-13-30(14-10-25)24(31)22-7-6-18(32-22)16-29-15-11-26-17-29/h2-7,11,15,17,27H,8-10,12-14,16H2,1H3. The lowest BCUT2D eigenvalue weighted by molar-refractivity contribution is 0.0216. The molecule has 32 heavy (non-hydrogen) atoms. The first kappa shape index (κ1) is 19.4. The number of likely N-dealkylation sites (tertiary alicyclic amines) is 1. The van der Waals surface area contributed by atoms with Gasteiger partial charge >= 0.3 is 0 Å². The second kappa shape index (κ2) is 7.38. The van der Waals surface area contributed by atoms with Crippen LogP contribution in [0.5, 0.6) is 0 Å². The summed E-state index contributed by atoms with van der Waals surface area (Å²) in [5.74, 6) is 1.15. The Morgan fingerprint density at radius 3 is 2.81 bits per heavy atom. The summed E-state index contributed by atoms with van der Waals surface area (Å²) in [7, 11) is 2.22. The van der Waals surface area contributed by atoms with Gasteiger partial charge in [-0.1, -0.05) is 18.2 Å². The quantitative estimate of drug-likeness (QED) is 0.540. The fraction of sp³-hybridized carbons (Fsp3) is 0.360. The molecule has 0 saturated carbocycles. The lowest BCUT2D eigenvalue weighted by Crippen LogP contribution is -2.55. The van der Waals surface area contributed by atoms with E-state index in [4.69, 9.17) is 4.42 Å². The number of likely N-dealkylation sites (N-methyl/N-ethyl adjacent to an activating group) is 1.